The number of amides is 1. The average Bonchev–Trinajstić information content (AvgIpc) is 2.53. The van der Waals surface area contributed by atoms with Crippen molar-refractivity contribution in [2.24, 2.45) is 5.92 Å². The highest BCUT2D eigenvalue weighted by molar-refractivity contribution is 5.94. The number of pyridine rings is 1. The minimum Gasteiger partial charge on any atom is -0.479 e. The molecule has 5 nitrogen and oxygen atoms in total. The highest BCUT2D eigenvalue weighted by Gasteiger charge is 2.25. The number of carbonyl (C=O) groups excluding carboxylic acids is 1. The third-order valence-electron chi connectivity index (χ3n) is 3.07. The largest absolute Gasteiger partial charge is 0.479 e. The summed E-state index contributed by atoms with van der Waals surface area (Å²) >= 11 is 0. The van der Waals surface area contributed by atoms with E-state index in [9.17, 15) is 4.79 Å². The van der Waals surface area contributed by atoms with Crippen molar-refractivity contribution in [3.63, 3.8) is 0 Å². The Morgan fingerprint density at radius 1 is 1.23 bits per heavy atom. The number of nitriles is 1. The normalized spacial score (nSPS) is 11.5. The van der Waals surface area contributed by atoms with E-state index in [1.54, 1.807) is 48.8 Å². The summed E-state index contributed by atoms with van der Waals surface area (Å²) in [6.07, 6.45) is 2.51. The summed E-state index contributed by atoms with van der Waals surface area (Å²) in [5.74, 6) is 0.108. The van der Waals surface area contributed by atoms with Gasteiger partial charge in [-0.3, -0.25) is 9.78 Å². The van der Waals surface area contributed by atoms with E-state index in [2.05, 4.69) is 16.4 Å². The van der Waals surface area contributed by atoms with Gasteiger partial charge in [-0.25, -0.2) is 0 Å². The lowest BCUT2D eigenvalue weighted by Gasteiger charge is -2.22. The van der Waals surface area contributed by atoms with Crippen LogP contribution in [0.5, 0.6) is 5.75 Å². The first kappa shape index (κ1) is 15.5. The van der Waals surface area contributed by atoms with E-state index >= 15 is 0 Å². The van der Waals surface area contributed by atoms with Crippen LogP contribution in [0.25, 0.3) is 0 Å². The van der Waals surface area contributed by atoms with Gasteiger partial charge in [0.15, 0.2) is 6.10 Å². The van der Waals surface area contributed by atoms with Crippen LogP contribution in [-0.2, 0) is 4.79 Å². The van der Waals surface area contributed by atoms with E-state index in [1.165, 1.54) is 0 Å². The average molecular weight is 295 g/mol. The Morgan fingerprint density at radius 3 is 2.55 bits per heavy atom. The first-order valence-corrected chi connectivity index (χ1v) is 6.98. The summed E-state index contributed by atoms with van der Waals surface area (Å²) in [5.41, 5.74) is 1.06. The van der Waals surface area contributed by atoms with Gasteiger partial charge in [0, 0.05) is 18.1 Å². The molecule has 0 bridgehead atoms. The second-order valence-corrected chi connectivity index (χ2v) is 5.12. The fourth-order valence-corrected chi connectivity index (χ4v) is 1.94. The molecule has 1 unspecified atom stereocenters. The minimum atomic E-state index is -0.692. The van der Waals surface area contributed by atoms with Gasteiger partial charge in [0.05, 0.1) is 5.56 Å². The first-order chi connectivity index (χ1) is 10.6. The topological polar surface area (TPSA) is 75.0 Å². The SMILES string of the molecule is CC(C)C(Oc1ccccc1C#N)C(=O)Nc1ccncc1. The second-order valence-electron chi connectivity index (χ2n) is 5.12. The van der Waals surface area contributed by atoms with Crippen molar-refractivity contribution >= 4 is 11.6 Å². The monoisotopic (exact) mass is 295 g/mol. The zero-order chi connectivity index (χ0) is 15.9. The molecular weight excluding hydrogens is 278 g/mol. The molecule has 1 aromatic heterocycles. The van der Waals surface area contributed by atoms with Crippen LogP contribution in [0, 0.1) is 17.2 Å². The van der Waals surface area contributed by atoms with E-state index in [0.717, 1.165) is 0 Å². The van der Waals surface area contributed by atoms with E-state index in [1.807, 2.05) is 13.8 Å². The molecule has 2 aromatic rings. The van der Waals surface area contributed by atoms with Crippen molar-refractivity contribution in [2.75, 3.05) is 5.32 Å². The van der Waals surface area contributed by atoms with Gasteiger partial charge >= 0.3 is 0 Å². The van der Waals surface area contributed by atoms with Crippen molar-refractivity contribution in [1.29, 1.82) is 5.26 Å². The van der Waals surface area contributed by atoms with Gasteiger partial charge in [-0.05, 0) is 30.2 Å². The third-order valence-corrected chi connectivity index (χ3v) is 3.07. The summed E-state index contributed by atoms with van der Waals surface area (Å²) in [7, 11) is 0. The van der Waals surface area contributed by atoms with Gasteiger partial charge in [-0.1, -0.05) is 26.0 Å². The molecule has 1 N–H and O–H groups in total. The number of rotatable bonds is 5. The summed E-state index contributed by atoms with van der Waals surface area (Å²) in [6.45, 7) is 3.79. The van der Waals surface area contributed by atoms with Crippen LogP contribution >= 0.6 is 0 Å². The second kappa shape index (κ2) is 7.23. The minimum absolute atomic E-state index is 0.0476. The molecule has 0 radical (unpaired) electrons. The van der Waals surface area contributed by atoms with Gasteiger partial charge in [0.25, 0.3) is 5.91 Å². The van der Waals surface area contributed by atoms with Crippen molar-refractivity contribution in [1.82, 2.24) is 4.98 Å². The lowest BCUT2D eigenvalue weighted by Crippen LogP contribution is -2.37. The molecule has 0 saturated heterocycles. The van der Waals surface area contributed by atoms with E-state index < -0.39 is 6.10 Å². The number of hydrogen-bond donors (Lipinski definition) is 1. The van der Waals surface area contributed by atoms with Crippen LogP contribution in [0.3, 0.4) is 0 Å². The summed E-state index contributed by atoms with van der Waals surface area (Å²) in [6, 6.07) is 12.4. The molecule has 0 aliphatic carbocycles. The molecule has 0 fully saturated rings. The van der Waals surface area contributed by atoms with Gasteiger partial charge in [-0.2, -0.15) is 5.26 Å². The number of nitrogens with one attached hydrogen (secondary N) is 1. The Kier molecular flexibility index (Phi) is 5.10. The molecule has 0 aliphatic rings. The Labute approximate surface area is 129 Å². The summed E-state index contributed by atoms with van der Waals surface area (Å²) in [5, 5.41) is 11.9. The van der Waals surface area contributed by atoms with Gasteiger partial charge < -0.3 is 10.1 Å². The number of nitrogens with zero attached hydrogens (tertiary/aromatic N) is 2. The van der Waals surface area contributed by atoms with E-state index in [0.29, 0.717) is 17.0 Å². The van der Waals surface area contributed by atoms with Gasteiger partial charge in [0.2, 0.25) is 0 Å². The first-order valence-electron chi connectivity index (χ1n) is 6.98. The molecule has 5 heteroatoms. The molecule has 0 spiro atoms. The molecule has 1 aromatic carbocycles. The summed E-state index contributed by atoms with van der Waals surface area (Å²) < 4.78 is 5.78. The van der Waals surface area contributed by atoms with Gasteiger partial charge in [-0.15, -0.1) is 0 Å². The molecule has 2 rings (SSSR count). The van der Waals surface area contributed by atoms with E-state index in [-0.39, 0.29) is 11.8 Å². The highest BCUT2D eigenvalue weighted by Crippen LogP contribution is 2.21. The molecule has 22 heavy (non-hydrogen) atoms. The predicted molar refractivity (Wildman–Crippen MR) is 83.3 cm³/mol. The molecule has 1 atom stereocenters. The lowest BCUT2D eigenvalue weighted by molar-refractivity contribution is -0.124. The number of benzene rings is 1. The maximum atomic E-state index is 12.4. The highest BCUT2D eigenvalue weighted by atomic mass is 16.5. The maximum Gasteiger partial charge on any atom is 0.265 e. The Morgan fingerprint density at radius 2 is 1.91 bits per heavy atom. The Balaban J connectivity index is 2.16. The number of ether oxygens (including phenoxy) is 1. The molecular formula is C17H17N3O2. The zero-order valence-electron chi connectivity index (χ0n) is 12.5. The number of anilines is 1. The third kappa shape index (κ3) is 3.83. The standard InChI is InChI=1S/C17H17N3O2/c1-12(2)16(17(21)20-14-7-9-19-10-8-14)22-15-6-4-3-5-13(15)11-18/h3-10,12,16H,1-2H3,(H,19,20,21). The zero-order valence-corrected chi connectivity index (χ0v) is 12.5. The number of aromatic nitrogens is 1. The van der Waals surface area contributed by atoms with Crippen molar-refractivity contribution in [3.8, 4) is 11.8 Å². The van der Waals surface area contributed by atoms with Crippen LogP contribution in [0.1, 0.15) is 19.4 Å². The lowest BCUT2D eigenvalue weighted by atomic mass is 10.1. The van der Waals surface area contributed by atoms with Crippen LogP contribution in [0.15, 0.2) is 48.8 Å². The Hall–Kier alpha value is -2.87. The van der Waals surface area contributed by atoms with Crippen LogP contribution in [0.2, 0.25) is 0 Å². The maximum absolute atomic E-state index is 12.4. The fraction of sp³-hybridized carbons (Fsp3) is 0.235. The smallest absolute Gasteiger partial charge is 0.265 e. The number of hydrogen-bond acceptors (Lipinski definition) is 4. The quantitative estimate of drug-likeness (QED) is 0.920. The van der Waals surface area contributed by atoms with Crippen LogP contribution < -0.4 is 10.1 Å². The number of carbonyl (C=O) groups is 1. The summed E-state index contributed by atoms with van der Waals surface area (Å²) in [4.78, 5) is 16.3. The number of para-hydroxylation sites is 1. The molecule has 1 amide bonds. The van der Waals surface area contributed by atoms with Crippen LogP contribution in [-0.4, -0.2) is 17.0 Å². The predicted octanol–water partition coefficient (Wildman–Crippen LogP) is 3.00. The van der Waals surface area contributed by atoms with Crippen LogP contribution in [0.4, 0.5) is 5.69 Å². The Bertz CT molecular complexity index is 678. The van der Waals surface area contributed by atoms with Crippen molar-refractivity contribution < 1.29 is 9.53 Å². The van der Waals surface area contributed by atoms with Crippen molar-refractivity contribution in [3.05, 3.63) is 54.4 Å². The molecule has 112 valence electrons. The molecule has 0 saturated carbocycles. The van der Waals surface area contributed by atoms with E-state index in [4.69, 9.17) is 10.00 Å². The van der Waals surface area contributed by atoms with Gasteiger partial charge in [0.1, 0.15) is 11.8 Å². The molecule has 0 aliphatic heterocycles. The fourth-order valence-electron chi connectivity index (χ4n) is 1.94. The molecule has 1 heterocycles. The van der Waals surface area contributed by atoms with Crippen molar-refractivity contribution in [2.45, 2.75) is 20.0 Å².